The van der Waals surface area contributed by atoms with Gasteiger partial charge in [-0.1, -0.05) is 0 Å². The van der Waals surface area contributed by atoms with E-state index in [2.05, 4.69) is 5.10 Å². The second-order valence-electron chi connectivity index (χ2n) is 4.26. The van der Waals surface area contributed by atoms with E-state index in [4.69, 9.17) is 14.2 Å². The Balaban J connectivity index is 1.90. The first kappa shape index (κ1) is 14.5. The number of fused-ring (bicyclic) bond motifs is 1. The van der Waals surface area contributed by atoms with Crippen molar-refractivity contribution in [2.75, 3.05) is 33.5 Å². The van der Waals surface area contributed by atoms with Gasteiger partial charge in [-0.15, -0.1) is 0 Å². The average molecular weight is 278 g/mol. The summed E-state index contributed by atoms with van der Waals surface area (Å²) in [6, 6.07) is 3.64. The fourth-order valence-electron chi connectivity index (χ4n) is 1.78. The first-order valence-electron chi connectivity index (χ1n) is 6.40. The number of methoxy groups -OCH3 is 1. The van der Waals surface area contributed by atoms with E-state index in [1.165, 1.54) is 6.92 Å². The highest BCUT2D eigenvalue weighted by molar-refractivity contribution is 6.00. The standard InChI is InChI=1S/C14H18N2O4/c1-11(17)13-9-15-16-10-12(3-4-14(13)16)20-8-7-19-6-5-18-2/h3-4,9-10H,5-8H2,1-2H3. The van der Waals surface area contributed by atoms with Gasteiger partial charge in [-0.3, -0.25) is 4.79 Å². The van der Waals surface area contributed by atoms with Crippen LogP contribution in [0.5, 0.6) is 5.75 Å². The molecule has 2 rings (SSSR count). The molecule has 2 aromatic heterocycles. The lowest BCUT2D eigenvalue weighted by atomic mass is 10.2. The monoisotopic (exact) mass is 278 g/mol. The molecule has 2 heterocycles. The molecular formula is C14H18N2O4. The minimum absolute atomic E-state index is 0.000196. The van der Waals surface area contributed by atoms with E-state index in [9.17, 15) is 4.79 Å². The lowest BCUT2D eigenvalue weighted by Crippen LogP contribution is -2.10. The molecule has 0 N–H and O–H groups in total. The molecule has 108 valence electrons. The van der Waals surface area contributed by atoms with Gasteiger partial charge in [-0.25, -0.2) is 4.52 Å². The minimum atomic E-state index is 0.000196. The fraction of sp³-hybridized carbons (Fsp3) is 0.429. The van der Waals surface area contributed by atoms with Crippen LogP contribution in [0.1, 0.15) is 17.3 Å². The van der Waals surface area contributed by atoms with Crippen LogP contribution < -0.4 is 4.74 Å². The van der Waals surface area contributed by atoms with Crippen LogP contribution in [0.15, 0.2) is 24.5 Å². The van der Waals surface area contributed by atoms with Crippen molar-refractivity contribution in [3.05, 3.63) is 30.1 Å². The summed E-state index contributed by atoms with van der Waals surface area (Å²) in [5.41, 5.74) is 1.39. The Hall–Kier alpha value is -1.92. The van der Waals surface area contributed by atoms with Crippen molar-refractivity contribution in [3.63, 3.8) is 0 Å². The molecule has 6 heteroatoms. The van der Waals surface area contributed by atoms with E-state index >= 15 is 0 Å². The molecule has 0 saturated carbocycles. The predicted octanol–water partition coefficient (Wildman–Crippen LogP) is 1.58. The summed E-state index contributed by atoms with van der Waals surface area (Å²) in [4.78, 5) is 11.4. The van der Waals surface area contributed by atoms with Crippen molar-refractivity contribution in [3.8, 4) is 5.75 Å². The van der Waals surface area contributed by atoms with Gasteiger partial charge in [0.15, 0.2) is 5.78 Å². The second kappa shape index (κ2) is 7.02. The molecule has 0 aliphatic carbocycles. The number of rotatable bonds is 8. The van der Waals surface area contributed by atoms with Gasteiger partial charge in [-0.05, 0) is 19.1 Å². The highest BCUT2D eigenvalue weighted by atomic mass is 16.5. The molecule has 0 bridgehead atoms. The Bertz CT molecular complexity index is 580. The highest BCUT2D eigenvalue weighted by Crippen LogP contribution is 2.16. The topological polar surface area (TPSA) is 62.1 Å². The van der Waals surface area contributed by atoms with E-state index in [-0.39, 0.29) is 5.78 Å². The van der Waals surface area contributed by atoms with E-state index in [1.807, 2.05) is 12.1 Å². The van der Waals surface area contributed by atoms with Gasteiger partial charge in [0.2, 0.25) is 0 Å². The first-order valence-corrected chi connectivity index (χ1v) is 6.40. The van der Waals surface area contributed by atoms with Crippen LogP contribution in [-0.4, -0.2) is 48.9 Å². The number of carbonyl (C=O) groups excluding carboxylic acids is 1. The summed E-state index contributed by atoms with van der Waals surface area (Å²) in [5, 5.41) is 4.14. The maximum Gasteiger partial charge on any atom is 0.163 e. The predicted molar refractivity (Wildman–Crippen MR) is 73.4 cm³/mol. The normalized spacial score (nSPS) is 10.9. The van der Waals surface area contributed by atoms with Crippen LogP contribution in [-0.2, 0) is 9.47 Å². The zero-order valence-corrected chi connectivity index (χ0v) is 11.7. The van der Waals surface area contributed by atoms with Crippen molar-refractivity contribution in [1.29, 1.82) is 0 Å². The summed E-state index contributed by atoms with van der Waals surface area (Å²) >= 11 is 0. The first-order chi connectivity index (χ1) is 9.72. The molecule has 0 aliphatic rings. The zero-order valence-electron chi connectivity index (χ0n) is 11.7. The molecule has 0 atom stereocenters. The Morgan fingerprint density at radius 2 is 2.05 bits per heavy atom. The highest BCUT2D eigenvalue weighted by Gasteiger charge is 2.08. The van der Waals surface area contributed by atoms with Gasteiger partial charge in [0, 0.05) is 7.11 Å². The number of ketones is 1. The largest absolute Gasteiger partial charge is 0.490 e. The summed E-state index contributed by atoms with van der Waals surface area (Å²) < 4.78 is 17.4. The van der Waals surface area contributed by atoms with Gasteiger partial charge in [0.25, 0.3) is 0 Å². The van der Waals surface area contributed by atoms with Crippen LogP contribution in [0, 0.1) is 0 Å². The smallest absolute Gasteiger partial charge is 0.163 e. The Morgan fingerprint density at radius 1 is 1.25 bits per heavy atom. The summed E-state index contributed by atoms with van der Waals surface area (Å²) in [5.74, 6) is 0.686. The number of Topliss-reactive ketones (excluding diaryl/α,β-unsaturated/α-hetero) is 1. The number of carbonyl (C=O) groups is 1. The van der Waals surface area contributed by atoms with E-state index < -0.39 is 0 Å². The van der Waals surface area contributed by atoms with Gasteiger partial charge in [-0.2, -0.15) is 5.10 Å². The molecule has 0 saturated heterocycles. The van der Waals surface area contributed by atoms with Crippen molar-refractivity contribution in [2.45, 2.75) is 6.92 Å². The summed E-state index contributed by atoms with van der Waals surface area (Å²) in [7, 11) is 1.63. The number of hydrogen-bond acceptors (Lipinski definition) is 5. The third kappa shape index (κ3) is 3.55. The van der Waals surface area contributed by atoms with E-state index in [0.29, 0.717) is 37.7 Å². The molecule has 20 heavy (non-hydrogen) atoms. The maximum absolute atomic E-state index is 11.4. The third-order valence-electron chi connectivity index (χ3n) is 2.80. The van der Waals surface area contributed by atoms with Crippen LogP contribution in [0.2, 0.25) is 0 Å². The molecule has 6 nitrogen and oxygen atoms in total. The van der Waals surface area contributed by atoms with Crippen LogP contribution in [0.25, 0.3) is 5.52 Å². The Morgan fingerprint density at radius 3 is 2.80 bits per heavy atom. The zero-order chi connectivity index (χ0) is 14.4. The lowest BCUT2D eigenvalue weighted by Gasteiger charge is -2.07. The van der Waals surface area contributed by atoms with Crippen molar-refractivity contribution in [2.24, 2.45) is 0 Å². The molecular weight excluding hydrogens is 260 g/mol. The molecule has 2 aromatic rings. The number of pyridine rings is 1. The fourth-order valence-corrected chi connectivity index (χ4v) is 1.78. The molecule has 0 fully saturated rings. The average Bonchev–Trinajstić information content (AvgIpc) is 2.86. The second-order valence-corrected chi connectivity index (χ2v) is 4.26. The summed E-state index contributed by atoms with van der Waals surface area (Å²) in [6.07, 6.45) is 3.31. The number of nitrogens with zero attached hydrogens (tertiary/aromatic N) is 2. The quantitative estimate of drug-likeness (QED) is 0.542. The summed E-state index contributed by atoms with van der Waals surface area (Å²) in [6.45, 7) is 3.61. The Labute approximate surface area is 117 Å². The van der Waals surface area contributed by atoms with E-state index in [1.54, 1.807) is 24.0 Å². The van der Waals surface area contributed by atoms with Gasteiger partial charge >= 0.3 is 0 Å². The maximum atomic E-state index is 11.4. The van der Waals surface area contributed by atoms with Crippen LogP contribution in [0.4, 0.5) is 0 Å². The van der Waals surface area contributed by atoms with Gasteiger partial charge < -0.3 is 14.2 Å². The van der Waals surface area contributed by atoms with Gasteiger partial charge in [0.1, 0.15) is 12.4 Å². The number of hydrogen-bond donors (Lipinski definition) is 0. The van der Waals surface area contributed by atoms with E-state index in [0.717, 1.165) is 5.52 Å². The third-order valence-corrected chi connectivity index (χ3v) is 2.80. The lowest BCUT2D eigenvalue weighted by molar-refractivity contribution is 0.0543. The minimum Gasteiger partial charge on any atom is -0.490 e. The molecule has 0 radical (unpaired) electrons. The molecule has 0 unspecified atom stereocenters. The molecule has 0 amide bonds. The van der Waals surface area contributed by atoms with Crippen molar-refractivity contribution >= 4 is 11.3 Å². The van der Waals surface area contributed by atoms with Crippen molar-refractivity contribution in [1.82, 2.24) is 9.61 Å². The van der Waals surface area contributed by atoms with Crippen LogP contribution >= 0.6 is 0 Å². The SMILES string of the molecule is COCCOCCOc1ccc2c(C(C)=O)cnn2c1. The Kier molecular flexibility index (Phi) is 5.09. The van der Waals surface area contributed by atoms with Crippen molar-refractivity contribution < 1.29 is 19.0 Å². The van der Waals surface area contributed by atoms with Crippen LogP contribution in [0.3, 0.4) is 0 Å². The number of aromatic nitrogens is 2. The van der Waals surface area contributed by atoms with Gasteiger partial charge in [0.05, 0.1) is 43.3 Å². The molecule has 0 aromatic carbocycles. The molecule has 0 spiro atoms. The number of ether oxygens (including phenoxy) is 3. The molecule has 0 aliphatic heterocycles.